The predicted molar refractivity (Wildman–Crippen MR) is 198 cm³/mol. The van der Waals surface area contributed by atoms with E-state index in [1.165, 1.54) is 55.7 Å². The molecule has 8 rings (SSSR count). The van der Waals surface area contributed by atoms with Crippen molar-refractivity contribution in [1.29, 1.82) is 0 Å². The quantitative estimate of drug-likeness (QED) is 0.123. The summed E-state index contributed by atoms with van der Waals surface area (Å²) in [6, 6.07) is 45.3. The van der Waals surface area contributed by atoms with Gasteiger partial charge in [-0.3, -0.25) is 0 Å². The van der Waals surface area contributed by atoms with E-state index in [2.05, 4.69) is 121 Å². The number of allylic oxidation sites excluding steroid dienone is 2. The Kier molecular flexibility index (Phi) is 9.43. The standard InChI is InChI=1S/C42H35O2Si.2ClH.Zr/c1-3-11-29(12-4-1)23-31-15-7-17-33-35(31)25-37(41-19-9-21-43-41)39(33)27-45-28-40-34-18-8-16-32(24-30-13-5-2-6-14-30)36(34)26-38(40)42-20-10-22-44-42;;;/h1-22,25-26,39-40,45H,23-24,27-28H2;2*1H;/q;;;+2/p-2. The summed E-state index contributed by atoms with van der Waals surface area (Å²) in [7, 11) is 14.4. The van der Waals surface area contributed by atoms with Gasteiger partial charge in [0.15, 0.2) is 0 Å². The minimum atomic E-state index is -2.67. The van der Waals surface area contributed by atoms with Crippen molar-refractivity contribution in [3.8, 4) is 0 Å². The van der Waals surface area contributed by atoms with Crippen molar-refractivity contribution < 1.29 is 27.4 Å². The Hall–Kier alpha value is -3.40. The number of furan rings is 2. The van der Waals surface area contributed by atoms with Crippen LogP contribution in [0.5, 0.6) is 0 Å². The van der Waals surface area contributed by atoms with Gasteiger partial charge in [-0.2, -0.15) is 0 Å². The van der Waals surface area contributed by atoms with Crippen molar-refractivity contribution in [3.63, 3.8) is 0 Å². The Labute approximate surface area is 298 Å². The zero-order valence-electron chi connectivity index (χ0n) is 26.5. The molecule has 0 aliphatic heterocycles. The van der Waals surface area contributed by atoms with Crippen LogP contribution in [0.15, 0.2) is 143 Å². The molecule has 2 nitrogen and oxygen atoms in total. The van der Waals surface area contributed by atoms with E-state index in [1.54, 1.807) is 12.5 Å². The molecule has 2 unspecified atom stereocenters. The van der Waals surface area contributed by atoms with Gasteiger partial charge >= 0.3 is 300 Å². The number of hydrogen-bond donors (Lipinski definition) is 0. The third kappa shape index (κ3) is 6.49. The first kappa shape index (κ1) is 31.8. The molecule has 0 saturated carbocycles. The molecule has 0 amide bonds. The van der Waals surface area contributed by atoms with Crippen LogP contribution in [-0.2, 0) is 31.4 Å². The van der Waals surface area contributed by atoms with E-state index in [-0.39, 0.29) is 11.8 Å². The van der Waals surface area contributed by atoms with Crippen LogP contribution < -0.4 is 0 Å². The zero-order valence-corrected chi connectivity index (χ0v) is 31.6. The molecule has 6 heteroatoms. The van der Waals surface area contributed by atoms with E-state index in [1.807, 2.05) is 12.1 Å². The predicted octanol–water partition coefficient (Wildman–Crippen LogP) is 11.7. The SMILES string of the molecule is [Cl][Zr]([Cl])[SiH](CC1C(c2ccco2)=Cc2c(Cc3ccccc3)cccc21)CC1C(c2ccco2)=Cc2c(Cc3ccccc3)cccc21. The molecule has 2 aromatic heterocycles. The molecule has 0 radical (unpaired) electrons. The van der Waals surface area contributed by atoms with E-state index in [9.17, 15) is 0 Å². The van der Waals surface area contributed by atoms with Crippen LogP contribution in [0.25, 0.3) is 23.3 Å². The van der Waals surface area contributed by atoms with E-state index >= 15 is 0 Å². The molecule has 2 aliphatic rings. The number of rotatable bonds is 11. The van der Waals surface area contributed by atoms with Crippen LogP contribution in [0.1, 0.15) is 67.9 Å². The Morgan fingerprint density at radius 2 is 0.979 bits per heavy atom. The monoisotopic (exact) mass is 759 g/mol. The fourth-order valence-corrected chi connectivity index (χ4v) is 22.9. The van der Waals surface area contributed by atoms with Gasteiger partial charge in [-0.05, 0) is 0 Å². The van der Waals surface area contributed by atoms with Gasteiger partial charge in [0.2, 0.25) is 0 Å². The third-order valence-electron chi connectivity index (χ3n) is 10.00. The first-order chi connectivity index (χ1) is 23.6. The summed E-state index contributed by atoms with van der Waals surface area (Å²) in [4.78, 5) is 0. The van der Waals surface area contributed by atoms with Gasteiger partial charge in [-0.1, -0.05) is 0 Å². The van der Waals surface area contributed by atoms with Gasteiger partial charge in [0.05, 0.1) is 0 Å². The van der Waals surface area contributed by atoms with Gasteiger partial charge in [-0.15, -0.1) is 0 Å². The second-order valence-corrected chi connectivity index (χ2v) is 36.4. The molecule has 4 aromatic carbocycles. The molecule has 0 N–H and O–H groups in total. The first-order valence-corrected chi connectivity index (χ1v) is 29.4. The average molecular weight is 762 g/mol. The van der Waals surface area contributed by atoms with Crippen molar-refractivity contribution in [2.24, 2.45) is 0 Å². The second-order valence-electron chi connectivity index (χ2n) is 12.9. The van der Waals surface area contributed by atoms with Gasteiger partial charge < -0.3 is 0 Å². The Morgan fingerprint density at radius 3 is 1.38 bits per heavy atom. The molecular weight excluding hydrogens is 727 g/mol. The van der Waals surface area contributed by atoms with Crippen molar-refractivity contribution in [2.45, 2.75) is 36.8 Å². The van der Waals surface area contributed by atoms with E-state index in [0.29, 0.717) is 0 Å². The molecule has 237 valence electrons. The molecule has 2 atom stereocenters. The van der Waals surface area contributed by atoms with Crippen molar-refractivity contribution >= 4 is 46.2 Å². The second kappa shape index (κ2) is 14.2. The van der Waals surface area contributed by atoms with Gasteiger partial charge in [0, 0.05) is 0 Å². The topological polar surface area (TPSA) is 26.3 Å². The number of halogens is 2. The Bertz CT molecular complexity index is 1920. The number of hydrogen-bond acceptors (Lipinski definition) is 2. The zero-order chi connectivity index (χ0) is 32.5. The summed E-state index contributed by atoms with van der Waals surface area (Å²) in [6.45, 7) is 0. The first-order valence-electron chi connectivity index (χ1n) is 16.6. The van der Waals surface area contributed by atoms with Crippen molar-refractivity contribution in [3.05, 3.63) is 190 Å². The fourth-order valence-electron chi connectivity index (χ4n) is 7.74. The summed E-state index contributed by atoms with van der Waals surface area (Å²) in [5, 5.41) is 0. The number of fused-ring (bicyclic) bond motifs is 2. The third-order valence-corrected chi connectivity index (χ3v) is 31.7. The van der Waals surface area contributed by atoms with Gasteiger partial charge in [-0.25, -0.2) is 0 Å². The van der Waals surface area contributed by atoms with E-state index < -0.39 is 24.4 Å². The van der Waals surface area contributed by atoms with Crippen LogP contribution in [0.2, 0.25) is 12.1 Å². The average Bonchev–Trinajstić information content (AvgIpc) is 3.93. The van der Waals surface area contributed by atoms with Crippen LogP contribution in [0, 0.1) is 0 Å². The Balaban J connectivity index is 1.14. The summed E-state index contributed by atoms with van der Waals surface area (Å²) < 4.78 is 12.1. The van der Waals surface area contributed by atoms with Crippen LogP contribution in [0.3, 0.4) is 0 Å². The summed E-state index contributed by atoms with van der Waals surface area (Å²) in [5.41, 5.74) is 13.2. The minimum absolute atomic E-state index is 0.216. The molecule has 2 aliphatic carbocycles. The summed E-state index contributed by atoms with van der Waals surface area (Å²) in [5.74, 6) is 0.692. The van der Waals surface area contributed by atoms with Gasteiger partial charge in [0.25, 0.3) is 0 Å². The van der Waals surface area contributed by atoms with Crippen molar-refractivity contribution in [1.82, 2.24) is 0 Å². The molecule has 0 bridgehead atoms. The van der Waals surface area contributed by atoms with Crippen molar-refractivity contribution in [2.75, 3.05) is 0 Å². The van der Waals surface area contributed by atoms with Gasteiger partial charge in [0.1, 0.15) is 0 Å². The molecule has 6 aromatic rings. The molecule has 0 spiro atoms. The van der Waals surface area contributed by atoms with E-state index in [4.69, 9.17) is 25.9 Å². The molecular formula is C42H35Cl2O2SiZr. The molecule has 0 fully saturated rings. The Morgan fingerprint density at radius 1 is 0.521 bits per heavy atom. The van der Waals surface area contributed by atoms with Crippen LogP contribution in [0.4, 0.5) is 0 Å². The van der Waals surface area contributed by atoms with Crippen LogP contribution >= 0.6 is 17.0 Å². The maximum atomic E-state index is 7.22. The normalized spacial score (nSPS) is 17.0. The maximum absolute atomic E-state index is 7.22. The summed E-state index contributed by atoms with van der Waals surface area (Å²) >= 11 is -2.67. The fraction of sp³-hybridized carbons (Fsp3) is 0.143. The van der Waals surface area contributed by atoms with E-state index in [0.717, 1.165) is 36.5 Å². The number of benzene rings is 4. The summed E-state index contributed by atoms with van der Waals surface area (Å²) in [6.07, 6.45) is 10.1. The molecule has 0 saturated heterocycles. The van der Waals surface area contributed by atoms with Crippen LogP contribution in [-0.4, -0.2) is 5.92 Å². The molecule has 48 heavy (non-hydrogen) atoms. The molecule has 2 heterocycles.